The Morgan fingerprint density at radius 3 is 2.39 bits per heavy atom. The standard InChI is InChI=1S/C20H24N2O5S/c1-13(2)12-21-19(23)16-7-5-6-8-18(16)22-28(25,26)15-10-9-14(3)17(11-15)20(24)27-4/h5-11,13,22H,12H2,1-4H3,(H,21,23). The van der Waals surface area contributed by atoms with Gasteiger partial charge in [0.1, 0.15) is 0 Å². The fourth-order valence-electron chi connectivity index (χ4n) is 2.46. The number of ether oxygens (including phenoxy) is 1. The Balaban J connectivity index is 2.35. The van der Waals surface area contributed by atoms with Gasteiger partial charge < -0.3 is 10.1 Å². The second-order valence-electron chi connectivity index (χ2n) is 6.72. The minimum Gasteiger partial charge on any atom is -0.465 e. The zero-order chi connectivity index (χ0) is 20.9. The largest absolute Gasteiger partial charge is 0.465 e. The molecule has 0 saturated heterocycles. The molecule has 0 aromatic heterocycles. The number of nitrogens with one attached hydrogen (secondary N) is 2. The third-order valence-electron chi connectivity index (χ3n) is 4.01. The van der Waals surface area contributed by atoms with Gasteiger partial charge in [-0.05, 0) is 42.7 Å². The van der Waals surface area contributed by atoms with Gasteiger partial charge in [0.05, 0.1) is 28.8 Å². The van der Waals surface area contributed by atoms with Gasteiger partial charge in [0, 0.05) is 6.54 Å². The fourth-order valence-corrected chi connectivity index (χ4v) is 3.57. The van der Waals surface area contributed by atoms with Crippen molar-refractivity contribution in [2.24, 2.45) is 5.92 Å². The lowest BCUT2D eigenvalue weighted by Crippen LogP contribution is -2.28. The Hall–Kier alpha value is -2.87. The Labute approximate surface area is 165 Å². The van der Waals surface area contributed by atoms with E-state index in [1.807, 2.05) is 13.8 Å². The number of esters is 1. The predicted molar refractivity (Wildman–Crippen MR) is 107 cm³/mol. The monoisotopic (exact) mass is 404 g/mol. The molecule has 0 spiro atoms. The van der Waals surface area contributed by atoms with Crippen molar-refractivity contribution in [1.82, 2.24) is 5.32 Å². The summed E-state index contributed by atoms with van der Waals surface area (Å²) < 4.78 is 32.8. The number of carbonyl (C=O) groups excluding carboxylic acids is 2. The molecule has 0 aliphatic carbocycles. The van der Waals surface area contributed by atoms with Gasteiger partial charge in [0.15, 0.2) is 0 Å². The predicted octanol–water partition coefficient (Wildman–Crippen LogP) is 2.97. The molecule has 0 aliphatic rings. The SMILES string of the molecule is COC(=O)c1cc(S(=O)(=O)Nc2ccccc2C(=O)NCC(C)C)ccc1C. The van der Waals surface area contributed by atoms with Crippen molar-refractivity contribution < 1.29 is 22.7 Å². The summed E-state index contributed by atoms with van der Waals surface area (Å²) in [5, 5.41) is 2.77. The maximum atomic E-state index is 12.8. The number of para-hydroxylation sites is 1. The first kappa shape index (κ1) is 21.4. The van der Waals surface area contributed by atoms with Gasteiger partial charge in [-0.3, -0.25) is 9.52 Å². The number of hydrogen-bond acceptors (Lipinski definition) is 5. The van der Waals surface area contributed by atoms with Crippen molar-refractivity contribution in [2.75, 3.05) is 18.4 Å². The van der Waals surface area contributed by atoms with Gasteiger partial charge >= 0.3 is 5.97 Å². The molecule has 8 heteroatoms. The molecule has 2 rings (SSSR count). The van der Waals surface area contributed by atoms with E-state index in [4.69, 9.17) is 4.74 Å². The molecule has 0 heterocycles. The van der Waals surface area contributed by atoms with E-state index >= 15 is 0 Å². The van der Waals surface area contributed by atoms with Crippen molar-refractivity contribution in [2.45, 2.75) is 25.7 Å². The molecule has 2 aromatic rings. The lowest BCUT2D eigenvalue weighted by molar-refractivity contribution is 0.0599. The second-order valence-corrected chi connectivity index (χ2v) is 8.41. The van der Waals surface area contributed by atoms with Crippen LogP contribution >= 0.6 is 0 Å². The molecule has 2 aromatic carbocycles. The Morgan fingerprint density at radius 1 is 1.07 bits per heavy atom. The van der Waals surface area contributed by atoms with Crippen LogP contribution in [0, 0.1) is 12.8 Å². The molecular formula is C20H24N2O5S. The van der Waals surface area contributed by atoms with Crippen LogP contribution in [0.3, 0.4) is 0 Å². The first-order valence-electron chi connectivity index (χ1n) is 8.74. The number of hydrogen-bond donors (Lipinski definition) is 2. The highest BCUT2D eigenvalue weighted by atomic mass is 32.2. The number of aryl methyl sites for hydroxylation is 1. The second kappa shape index (κ2) is 8.88. The number of benzene rings is 2. The average molecular weight is 404 g/mol. The quantitative estimate of drug-likeness (QED) is 0.691. The molecule has 1 amide bonds. The van der Waals surface area contributed by atoms with E-state index in [-0.39, 0.29) is 33.5 Å². The van der Waals surface area contributed by atoms with Gasteiger partial charge in [0.25, 0.3) is 15.9 Å². The van der Waals surface area contributed by atoms with Gasteiger partial charge in [-0.25, -0.2) is 13.2 Å². The summed E-state index contributed by atoms with van der Waals surface area (Å²) in [7, 11) is -2.79. The molecule has 0 aliphatic heterocycles. The summed E-state index contributed by atoms with van der Waals surface area (Å²) in [5.74, 6) is -0.730. The van der Waals surface area contributed by atoms with Crippen LogP contribution in [0.4, 0.5) is 5.69 Å². The highest BCUT2D eigenvalue weighted by molar-refractivity contribution is 7.92. The van der Waals surface area contributed by atoms with E-state index in [9.17, 15) is 18.0 Å². The zero-order valence-electron chi connectivity index (χ0n) is 16.3. The van der Waals surface area contributed by atoms with Crippen LogP contribution in [-0.2, 0) is 14.8 Å². The summed E-state index contributed by atoms with van der Waals surface area (Å²) in [6.07, 6.45) is 0. The average Bonchev–Trinajstić information content (AvgIpc) is 2.65. The van der Waals surface area contributed by atoms with E-state index in [1.54, 1.807) is 25.1 Å². The summed E-state index contributed by atoms with van der Waals surface area (Å²) in [6.45, 7) is 6.08. The van der Waals surface area contributed by atoms with E-state index < -0.39 is 16.0 Å². The van der Waals surface area contributed by atoms with E-state index in [2.05, 4.69) is 10.0 Å². The summed E-state index contributed by atoms with van der Waals surface area (Å²) in [6, 6.07) is 10.5. The summed E-state index contributed by atoms with van der Waals surface area (Å²) in [4.78, 5) is 24.2. The van der Waals surface area contributed by atoms with Crippen LogP contribution < -0.4 is 10.0 Å². The van der Waals surface area contributed by atoms with Crippen molar-refractivity contribution in [1.29, 1.82) is 0 Å². The van der Waals surface area contributed by atoms with Crippen LogP contribution in [-0.4, -0.2) is 33.9 Å². The summed E-state index contributed by atoms with van der Waals surface area (Å²) in [5.41, 5.74) is 1.13. The van der Waals surface area contributed by atoms with Crippen LogP contribution in [0.1, 0.15) is 40.1 Å². The first-order chi connectivity index (χ1) is 13.2. The number of anilines is 1. The van der Waals surface area contributed by atoms with Crippen molar-refractivity contribution in [3.63, 3.8) is 0 Å². The van der Waals surface area contributed by atoms with E-state index in [0.29, 0.717) is 12.1 Å². The smallest absolute Gasteiger partial charge is 0.338 e. The van der Waals surface area contributed by atoms with Crippen LogP contribution in [0.5, 0.6) is 0 Å². The highest BCUT2D eigenvalue weighted by Gasteiger charge is 2.21. The van der Waals surface area contributed by atoms with Crippen LogP contribution in [0.15, 0.2) is 47.4 Å². The third kappa shape index (κ3) is 5.10. The minimum absolute atomic E-state index is 0.101. The van der Waals surface area contributed by atoms with Crippen LogP contribution in [0.2, 0.25) is 0 Å². The summed E-state index contributed by atoms with van der Waals surface area (Å²) >= 11 is 0. The number of amides is 1. The topological polar surface area (TPSA) is 102 Å². The van der Waals surface area contributed by atoms with Crippen LogP contribution in [0.25, 0.3) is 0 Å². The highest BCUT2D eigenvalue weighted by Crippen LogP contribution is 2.22. The lowest BCUT2D eigenvalue weighted by atomic mass is 10.1. The first-order valence-corrected chi connectivity index (χ1v) is 10.2. The molecular weight excluding hydrogens is 380 g/mol. The lowest BCUT2D eigenvalue weighted by Gasteiger charge is -2.14. The maximum absolute atomic E-state index is 12.8. The number of rotatable bonds is 7. The van der Waals surface area contributed by atoms with Crippen molar-refractivity contribution in [3.8, 4) is 0 Å². The molecule has 0 radical (unpaired) electrons. The zero-order valence-corrected chi connectivity index (χ0v) is 17.1. The molecule has 0 bridgehead atoms. The third-order valence-corrected chi connectivity index (χ3v) is 5.37. The van der Waals surface area contributed by atoms with Gasteiger partial charge in [0.2, 0.25) is 0 Å². The molecule has 0 fully saturated rings. The molecule has 0 unspecified atom stereocenters. The molecule has 0 atom stereocenters. The van der Waals surface area contributed by atoms with Crippen molar-refractivity contribution in [3.05, 3.63) is 59.2 Å². The normalized spacial score (nSPS) is 11.2. The molecule has 7 nitrogen and oxygen atoms in total. The molecule has 2 N–H and O–H groups in total. The minimum atomic E-state index is -4.02. The Bertz CT molecular complexity index is 984. The number of carbonyl (C=O) groups is 2. The molecule has 150 valence electrons. The van der Waals surface area contributed by atoms with Gasteiger partial charge in [-0.15, -0.1) is 0 Å². The number of methoxy groups -OCH3 is 1. The molecule has 28 heavy (non-hydrogen) atoms. The maximum Gasteiger partial charge on any atom is 0.338 e. The van der Waals surface area contributed by atoms with Gasteiger partial charge in [-0.1, -0.05) is 32.0 Å². The molecule has 0 saturated carbocycles. The Morgan fingerprint density at radius 2 is 1.75 bits per heavy atom. The van der Waals surface area contributed by atoms with Gasteiger partial charge in [-0.2, -0.15) is 0 Å². The van der Waals surface area contributed by atoms with E-state index in [0.717, 1.165) is 0 Å². The Kier molecular flexibility index (Phi) is 6.80. The fraction of sp³-hybridized carbons (Fsp3) is 0.300. The number of sulfonamides is 1. The van der Waals surface area contributed by atoms with Crippen molar-refractivity contribution >= 4 is 27.6 Å². The van der Waals surface area contributed by atoms with E-state index in [1.165, 1.54) is 31.4 Å².